The second-order valence-electron chi connectivity index (χ2n) is 3.12. The monoisotopic (exact) mass is 292 g/mol. The SMILES string of the molecule is COc1ccc(C(F)F)c(C(=O)CCBr)c1. The Hall–Kier alpha value is -0.970. The molecule has 0 heterocycles. The number of ether oxygens (including phenoxy) is 1. The van der Waals surface area contributed by atoms with Gasteiger partial charge in [0, 0.05) is 22.9 Å². The van der Waals surface area contributed by atoms with Crippen LogP contribution in [0.4, 0.5) is 8.78 Å². The van der Waals surface area contributed by atoms with Crippen molar-refractivity contribution in [3.8, 4) is 5.75 Å². The number of carbonyl (C=O) groups is 1. The summed E-state index contributed by atoms with van der Waals surface area (Å²) >= 11 is 3.10. The molecule has 0 atom stereocenters. The predicted octanol–water partition coefficient (Wildman–Crippen LogP) is 3.60. The van der Waals surface area contributed by atoms with Crippen LogP contribution in [0.15, 0.2) is 18.2 Å². The van der Waals surface area contributed by atoms with Gasteiger partial charge in [0.15, 0.2) is 5.78 Å². The second-order valence-corrected chi connectivity index (χ2v) is 3.91. The van der Waals surface area contributed by atoms with Gasteiger partial charge in [0.05, 0.1) is 7.11 Å². The number of halogens is 3. The van der Waals surface area contributed by atoms with Crippen LogP contribution in [0.25, 0.3) is 0 Å². The molecule has 1 rings (SSSR count). The standard InChI is InChI=1S/C11H11BrF2O2/c1-16-7-2-3-8(11(13)14)9(6-7)10(15)4-5-12/h2-3,6,11H,4-5H2,1H3. The van der Waals surface area contributed by atoms with Crippen molar-refractivity contribution < 1.29 is 18.3 Å². The molecule has 0 fully saturated rings. The van der Waals surface area contributed by atoms with Gasteiger partial charge in [0.25, 0.3) is 6.43 Å². The fourth-order valence-corrected chi connectivity index (χ4v) is 1.67. The van der Waals surface area contributed by atoms with Crippen molar-refractivity contribution in [1.29, 1.82) is 0 Å². The van der Waals surface area contributed by atoms with Gasteiger partial charge in [-0.05, 0) is 18.2 Å². The quantitative estimate of drug-likeness (QED) is 0.612. The first-order valence-corrected chi connectivity index (χ1v) is 5.77. The van der Waals surface area contributed by atoms with Crippen molar-refractivity contribution >= 4 is 21.7 Å². The lowest BCUT2D eigenvalue weighted by molar-refractivity contribution is 0.0975. The summed E-state index contributed by atoms with van der Waals surface area (Å²) in [5, 5.41) is 0.450. The third kappa shape index (κ3) is 3.01. The summed E-state index contributed by atoms with van der Waals surface area (Å²) in [6, 6.07) is 4.00. The number of benzene rings is 1. The Morgan fingerprint density at radius 3 is 2.69 bits per heavy atom. The Morgan fingerprint density at radius 1 is 1.50 bits per heavy atom. The normalized spacial score (nSPS) is 10.6. The molecule has 1 aromatic carbocycles. The van der Waals surface area contributed by atoms with E-state index in [0.717, 1.165) is 0 Å². The Bertz CT molecular complexity index is 380. The van der Waals surface area contributed by atoms with Crippen LogP contribution in [-0.4, -0.2) is 18.2 Å². The van der Waals surface area contributed by atoms with Gasteiger partial charge in [0.2, 0.25) is 0 Å². The van der Waals surface area contributed by atoms with Crippen LogP contribution in [0.5, 0.6) is 5.75 Å². The van der Waals surface area contributed by atoms with E-state index in [2.05, 4.69) is 15.9 Å². The molecule has 0 aromatic heterocycles. The fraction of sp³-hybridized carbons (Fsp3) is 0.364. The minimum absolute atomic E-state index is 0.0359. The van der Waals surface area contributed by atoms with E-state index in [9.17, 15) is 13.6 Å². The topological polar surface area (TPSA) is 26.3 Å². The molecule has 0 saturated carbocycles. The molecule has 16 heavy (non-hydrogen) atoms. The van der Waals surface area contributed by atoms with Crippen LogP contribution < -0.4 is 4.74 Å². The molecule has 0 N–H and O–H groups in total. The first-order chi connectivity index (χ1) is 7.60. The number of ketones is 1. The lowest BCUT2D eigenvalue weighted by atomic mass is 10.0. The third-order valence-electron chi connectivity index (χ3n) is 2.12. The maximum Gasteiger partial charge on any atom is 0.264 e. The summed E-state index contributed by atoms with van der Waals surface area (Å²) in [6.07, 6.45) is -2.47. The lowest BCUT2D eigenvalue weighted by Gasteiger charge is -2.09. The highest BCUT2D eigenvalue weighted by atomic mass is 79.9. The summed E-state index contributed by atoms with van der Waals surface area (Å²) in [5.74, 6) is 0.0911. The van der Waals surface area contributed by atoms with Crippen LogP contribution in [0.3, 0.4) is 0 Å². The molecule has 0 aliphatic rings. The zero-order valence-corrected chi connectivity index (χ0v) is 10.3. The van der Waals surface area contributed by atoms with E-state index >= 15 is 0 Å². The van der Waals surface area contributed by atoms with Gasteiger partial charge in [-0.3, -0.25) is 4.79 Å². The van der Waals surface area contributed by atoms with Crippen LogP contribution in [0, 0.1) is 0 Å². The highest BCUT2D eigenvalue weighted by molar-refractivity contribution is 9.09. The maximum absolute atomic E-state index is 12.7. The highest BCUT2D eigenvalue weighted by Crippen LogP contribution is 2.27. The van der Waals surface area contributed by atoms with Gasteiger partial charge in [-0.25, -0.2) is 8.78 Å². The molecule has 0 saturated heterocycles. The molecule has 1 aromatic rings. The van der Waals surface area contributed by atoms with Crippen molar-refractivity contribution in [3.63, 3.8) is 0 Å². The lowest BCUT2D eigenvalue weighted by Crippen LogP contribution is -2.05. The molecular formula is C11H11BrF2O2. The van der Waals surface area contributed by atoms with Gasteiger partial charge < -0.3 is 4.74 Å². The van der Waals surface area contributed by atoms with Crippen LogP contribution >= 0.6 is 15.9 Å². The van der Waals surface area contributed by atoms with Crippen molar-refractivity contribution in [3.05, 3.63) is 29.3 Å². The number of Topliss-reactive ketones (excluding diaryl/α,β-unsaturated/α-hetero) is 1. The molecule has 0 aliphatic heterocycles. The Kier molecular flexibility index (Phi) is 4.86. The third-order valence-corrected chi connectivity index (χ3v) is 2.51. The number of alkyl halides is 3. The fourth-order valence-electron chi connectivity index (χ4n) is 1.31. The summed E-state index contributed by atoms with van der Waals surface area (Å²) in [6.45, 7) is 0. The second kappa shape index (κ2) is 5.94. The molecule has 0 unspecified atom stereocenters. The number of methoxy groups -OCH3 is 1. The molecule has 0 bridgehead atoms. The molecule has 5 heteroatoms. The number of carbonyl (C=O) groups excluding carboxylic acids is 1. The maximum atomic E-state index is 12.7. The molecular weight excluding hydrogens is 282 g/mol. The first kappa shape index (κ1) is 13.1. The van der Waals surface area contributed by atoms with E-state index < -0.39 is 6.43 Å². The number of hydrogen-bond donors (Lipinski definition) is 0. The molecule has 0 aliphatic carbocycles. The van der Waals surface area contributed by atoms with Gasteiger partial charge >= 0.3 is 0 Å². The van der Waals surface area contributed by atoms with Crippen molar-refractivity contribution in [2.75, 3.05) is 12.4 Å². The Balaban J connectivity index is 3.14. The average Bonchev–Trinajstić information content (AvgIpc) is 2.28. The summed E-state index contributed by atoms with van der Waals surface area (Å²) in [7, 11) is 1.43. The number of rotatable bonds is 5. The van der Waals surface area contributed by atoms with Gasteiger partial charge in [0.1, 0.15) is 5.75 Å². The van der Waals surface area contributed by atoms with E-state index in [-0.39, 0.29) is 23.3 Å². The predicted molar refractivity (Wildman–Crippen MR) is 60.7 cm³/mol. The zero-order chi connectivity index (χ0) is 12.1. The van der Waals surface area contributed by atoms with E-state index in [1.54, 1.807) is 0 Å². The van der Waals surface area contributed by atoms with E-state index in [1.165, 1.54) is 25.3 Å². The first-order valence-electron chi connectivity index (χ1n) is 4.65. The summed E-state index contributed by atoms with van der Waals surface area (Å²) in [5.41, 5.74) is -0.208. The molecule has 88 valence electrons. The minimum Gasteiger partial charge on any atom is -0.497 e. The van der Waals surface area contributed by atoms with E-state index in [4.69, 9.17) is 4.74 Å². The Morgan fingerprint density at radius 2 is 2.19 bits per heavy atom. The van der Waals surface area contributed by atoms with Crippen molar-refractivity contribution in [1.82, 2.24) is 0 Å². The minimum atomic E-state index is -2.65. The van der Waals surface area contributed by atoms with Crippen LogP contribution in [0.2, 0.25) is 0 Å². The Labute approximate surface area is 101 Å². The molecule has 0 spiro atoms. The zero-order valence-electron chi connectivity index (χ0n) is 8.67. The van der Waals surface area contributed by atoms with E-state index in [1.807, 2.05) is 0 Å². The largest absolute Gasteiger partial charge is 0.497 e. The summed E-state index contributed by atoms with van der Waals surface area (Å²) < 4.78 is 30.2. The van der Waals surface area contributed by atoms with E-state index in [0.29, 0.717) is 11.1 Å². The summed E-state index contributed by atoms with van der Waals surface area (Å²) in [4.78, 5) is 11.6. The molecule has 0 radical (unpaired) electrons. The molecule has 2 nitrogen and oxygen atoms in total. The van der Waals surface area contributed by atoms with Crippen LogP contribution in [0.1, 0.15) is 28.8 Å². The molecule has 0 amide bonds. The van der Waals surface area contributed by atoms with Gasteiger partial charge in [-0.15, -0.1) is 0 Å². The van der Waals surface area contributed by atoms with Crippen LogP contribution in [-0.2, 0) is 0 Å². The average molecular weight is 293 g/mol. The van der Waals surface area contributed by atoms with Gasteiger partial charge in [-0.1, -0.05) is 15.9 Å². The van der Waals surface area contributed by atoms with Crippen molar-refractivity contribution in [2.24, 2.45) is 0 Å². The van der Waals surface area contributed by atoms with Gasteiger partial charge in [-0.2, -0.15) is 0 Å². The smallest absolute Gasteiger partial charge is 0.264 e. The van der Waals surface area contributed by atoms with Crippen molar-refractivity contribution in [2.45, 2.75) is 12.8 Å². The highest BCUT2D eigenvalue weighted by Gasteiger charge is 2.18. The number of hydrogen-bond acceptors (Lipinski definition) is 2.